The van der Waals surface area contributed by atoms with Crippen LogP contribution in [0.25, 0.3) is 0 Å². The SMILES string of the molecule is CC(CC(=O)O)CC(=O)N1CCSC(C)(C)C1. The highest BCUT2D eigenvalue weighted by Gasteiger charge is 2.30. The van der Waals surface area contributed by atoms with Crippen molar-refractivity contribution in [1.29, 1.82) is 0 Å². The molecule has 1 saturated heterocycles. The number of thioether (sulfide) groups is 1. The molecular weight excluding hydrogens is 238 g/mol. The van der Waals surface area contributed by atoms with E-state index in [9.17, 15) is 9.59 Å². The molecule has 1 amide bonds. The zero-order chi connectivity index (χ0) is 13.1. The lowest BCUT2D eigenvalue weighted by atomic mass is 10.0. The van der Waals surface area contributed by atoms with Gasteiger partial charge in [-0.05, 0) is 19.8 Å². The molecule has 4 nitrogen and oxygen atoms in total. The van der Waals surface area contributed by atoms with E-state index in [1.54, 1.807) is 0 Å². The van der Waals surface area contributed by atoms with Crippen LogP contribution in [0.5, 0.6) is 0 Å². The minimum Gasteiger partial charge on any atom is -0.481 e. The summed E-state index contributed by atoms with van der Waals surface area (Å²) < 4.78 is 0.115. The van der Waals surface area contributed by atoms with Crippen molar-refractivity contribution in [3.8, 4) is 0 Å². The molecule has 0 radical (unpaired) electrons. The average Bonchev–Trinajstić information content (AvgIpc) is 2.14. The van der Waals surface area contributed by atoms with Gasteiger partial charge in [-0.25, -0.2) is 0 Å². The van der Waals surface area contributed by atoms with Crippen molar-refractivity contribution in [1.82, 2.24) is 4.90 Å². The quantitative estimate of drug-likeness (QED) is 0.837. The molecule has 1 N–H and O–H groups in total. The maximum Gasteiger partial charge on any atom is 0.303 e. The molecular formula is C12H21NO3S. The van der Waals surface area contributed by atoms with E-state index in [1.165, 1.54) is 0 Å². The molecule has 17 heavy (non-hydrogen) atoms. The molecule has 1 aliphatic rings. The molecule has 0 aromatic carbocycles. The van der Waals surface area contributed by atoms with Gasteiger partial charge in [0.05, 0.1) is 0 Å². The fraction of sp³-hybridized carbons (Fsp3) is 0.833. The molecule has 0 aromatic rings. The highest BCUT2D eigenvalue weighted by molar-refractivity contribution is 8.00. The predicted molar refractivity (Wildman–Crippen MR) is 69.2 cm³/mol. The van der Waals surface area contributed by atoms with Gasteiger partial charge in [0, 0.05) is 36.4 Å². The third-order valence-corrected chi connectivity index (χ3v) is 4.12. The van der Waals surface area contributed by atoms with E-state index in [-0.39, 0.29) is 23.0 Å². The molecule has 0 spiro atoms. The molecule has 0 bridgehead atoms. The summed E-state index contributed by atoms with van der Waals surface area (Å²) in [5.74, 6) is 0.135. The van der Waals surface area contributed by atoms with Crippen LogP contribution in [0.15, 0.2) is 0 Å². The zero-order valence-corrected chi connectivity index (χ0v) is 11.5. The first-order valence-electron chi connectivity index (χ1n) is 5.94. The average molecular weight is 259 g/mol. The summed E-state index contributed by atoms with van der Waals surface area (Å²) in [4.78, 5) is 24.4. The first kappa shape index (κ1) is 14.4. The van der Waals surface area contributed by atoms with Crippen LogP contribution < -0.4 is 0 Å². The topological polar surface area (TPSA) is 57.6 Å². The van der Waals surface area contributed by atoms with Gasteiger partial charge in [0.25, 0.3) is 0 Å². The van der Waals surface area contributed by atoms with Crippen LogP contribution in [0.4, 0.5) is 0 Å². The number of hydrogen-bond acceptors (Lipinski definition) is 3. The summed E-state index contributed by atoms with van der Waals surface area (Å²) in [5, 5.41) is 8.66. The standard InChI is InChI=1S/C12H21NO3S/c1-9(7-11(15)16)6-10(14)13-4-5-17-12(2,3)8-13/h9H,4-8H2,1-3H3,(H,15,16). The van der Waals surface area contributed by atoms with Crippen molar-refractivity contribution in [2.75, 3.05) is 18.8 Å². The Morgan fingerprint density at radius 1 is 1.41 bits per heavy atom. The van der Waals surface area contributed by atoms with E-state index in [0.29, 0.717) is 6.42 Å². The summed E-state index contributed by atoms with van der Waals surface area (Å²) in [6.07, 6.45) is 0.408. The molecule has 1 fully saturated rings. The van der Waals surface area contributed by atoms with Crippen molar-refractivity contribution in [2.24, 2.45) is 5.92 Å². The Kier molecular flexibility index (Phi) is 4.86. The normalized spacial score (nSPS) is 21.0. The Morgan fingerprint density at radius 2 is 2.06 bits per heavy atom. The van der Waals surface area contributed by atoms with Crippen molar-refractivity contribution in [3.05, 3.63) is 0 Å². The fourth-order valence-electron chi connectivity index (χ4n) is 2.03. The van der Waals surface area contributed by atoms with Gasteiger partial charge in [-0.15, -0.1) is 0 Å². The van der Waals surface area contributed by atoms with Crippen molar-refractivity contribution in [3.63, 3.8) is 0 Å². The fourth-order valence-corrected chi connectivity index (χ4v) is 3.14. The number of hydrogen-bond donors (Lipinski definition) is 1. The number of carboxylic acid groups (broad SMARTS) is 1. The molecule has 0 aromatic heterocycles. The minimum absolute atomic E-state index is 0.0672. The second kappa shape index (κ2) is 5.76. The highest BCUT2D eigenvalue weighted by atomic mass is 32.2. The molecule has 0 aliphatic carbocycles. The van der Waals surface area contributed by atoms with Crippen LogP contribution in [0.3, 0.4) is 0 Å². The predicted octanol–water partition coefficient (Wildman–Crippen LogP) is 1.84. The first-order valence-corrected chi connectivity index (χ1v) is 6.92. The maximum atomic E-state index is 12.0. The monoisotopic (exact) mass is 259 g/mol. The molecule has 98 valence electrons. The van der Waals surface area contributed by atoms with Crippen LogP contribution in [0, 0.1) is 5.92 Å². The second-order valence-electron chi connectivity index (χ2n) is 5.33. The number of carbonyl (C=O) groups excluding carboxylic acids is 1. The van der Waals surface area contributed by atoms with Gasteiger partial charge < -0.3 is 10.0 Å². The summed E-state index contributed by atoms with van der Waals surface area (Å²) in [6.45, 7) is 7.63. The van der Waals surface area contributed by atoms with E-state index < -0.39 is 5.97 Å². The number of rotatable bonds is 4. The lowest BCUT2D eigenvalue weighted by Crippen LogP contribution is -2.46. The first-order chi connectivity index (χ1) is 7.80. The number of aliphatic carboxylic acids is 1. The highest BCUT2D eigenvalue weighted by Crippen LogP contribution is 2.30. The third-order valence-electron chi connectivity index (χ3n) is 2.82. The van der Waals surface area contributed by atoms with E-state index in [4.69, 9.17) is 5.11 Å². The molecule has 1 atom stereocenters. The van der Waals surface area contributed by atoms with E-state index in [2.05, 4.69) is 13.8 Å². The Morgan fingerprint density at radius 3 is 2.59 bits per heavy atom. The van der Waals surface area contributed by atoms with Crippen LogP contribution in [-0.4, -0.2) is 45.5 Å². The number of nitrogens with zero attached hydrogens (tertiary/aromatic N) is 1. The lowest BCUT2D eigenvalue weighted by Gasteiger charge is -2.38. The van der Waals surface area contributed by atoms with Gasteiger partial charge in [0.1, 0.15) is 0 Å². The molecule has 1 rings (SSSR count). The maximum absolute atomic E-state index is 12.0. The summed E-state index contributed by atoms with van der Waals surface area (Å²) in [5.41, 5.74) is 0. The van der Waals surface area contributed by atoms with Crippen molar-refractivity contribution in [2.45, 2.75) is 38.4 Å². The molecule has 5 heteroatoms. The Labute approximate surface area is 107 Å². The molecule has 1 unspecified atom stereocenters. The van der Waals surface area contributed by atoms with E-state index >= 15 is 0 Å². The van der Waals surface area contributed by atoms with Gasteiger partial charge in [0.2, 0.25) is 5.91 Å². The van der Waals surface area contributed by atoms with Crippen molar-refractivity contribution >= 4 is 23.6 Å². The van der Waals surface area contributed by atoms with E-state index in [0.717, 1.165) is 18.8 Å². The summed E-state index contributed by atoms with van der Waals surface area (Å²) >= 11 is 1.88. The Balaban J connectivity index is 2.44. The summed E-state index contributed by atoms with van der Waals surface area (Å²) in [6, 6.07) is 0. The number of carboxylic acids is 1. The lowest BCUT2D eigenvalue weighted by molar-refractivity contribution is -0.138. The van der Waals surface area contributed by atoms with Gasteiger partial charge in [-0.3, -0.25) is 9.59 Å². The molecule has 0 saturated carbocycles. The third kappa shape index (κ3) is 4.98. The Hall–Kier alpha value is -0.710. The smallest absolute Gasteiger partial charge is 0.303 e. The van der Waals surface area contributed by atoms with Crippen LogP contribution >= 0.6 is 11.8 Å². The van der Waals surface area contributed by atoms with Gasteiger partial charge in [-0.2, -0.15) is 11.8 Å². The van der Waals surface area contributed by atoms with Crippen LogP contribution in [0.1, 0.15) is 33.6 Å². The van der Waals surface area contributed by atoms with Gasteiger partial charge >= 0.3 is 5.97 Å². The van der Waals surface area contributed by atoms with Crippen LogP contribution in [0.2, 0.25) is 0 Å². The number of carbonyl (C=O) groups is 2. The minimum atomic E-state index is -0.833. The Bertz CT molecular complexity index is 304. The van der Waals surface area contributed by atoms with Crippen molar-refractivity contribution < 1.29 is 14.7 Å². The van der Waals surface area contributed by atoms with Crippen LogP contribution in [-0.2, 0) is 9.59 Å². The van der Waals surface area contributed by atoms with E-state index in [1.807, 2.05) is 23.6 Å². The molecule has 1 aliphatic heterocycles. The number of amides is 1. The molecule has 1 heterocycles. The van der Waals surface area contributed by atoms with Gasteiger partial charge in [-0.1, -0.05) is 6.92 Å². The zero-order valence-electron chi connectivity index (χ0n) is 10.7. The van der Waals surface area contributed by atoms with Gasteiger partial charge in [0.15, 0.2) is 0 Å². The largest absolute Gasteiger partial charge is 0.481 e. The second-order valence-corrected chi connectivity index (χ2v) is 7.13. The summed E-state index contributed by atoms with van der Waals surface area (Å²) in [7, 11) is 0.